The number of aliphatic hydroxyl groups is 1. The molecule has 0 spiro atoms. The smallest absolute Gasteiger partial charge is 0.254 e. The SMILES string of the molecule is COc1ccccc1C1(O)CCCN(C(=O)c2cccc(-n3cnnc3)c2)C1. The van der Waals surface area contributed by atoms with Gasteiger partial charge in [0.25, 0.3) is 5.91 Å². The van der Waals surface area contributed by atoms with Gasteiger partial charge in [-0.15, -0.1) is 10.2 Å². The molecule has 0 aliphatic carbocycles. The predicted octanol–water partition coefficient (Wildman–Crippen LogP) is 2.40. The van der Waals surface area contributed by atoms with E-state index in [9.17, 15) is 9.90 Å². The molecule has 1 aromatic heterocycles. The van der Waals surface area contributed by atoms with Crippen LogP contribution in [0.5, 0.6) is 5.75 Å². The highest BCUT2D eigenvalue weighted by molar-refractivity contribution is 5.95. The van der Waals surface area contributed by atoms with Gasteiger partial charge in [-0.05, 0) is 37.1 Å². The number of amides is 1. The molecule has 0 saturated carbocycles. The summed E-state index contributed by atoms with van der Waals surface area (Å²) in [5.41, 5.74) is 0.961. The molecule has 0 bridgehead atoms. The lowest BCUT2D eigenvalue weighted by Crippen LogP contribution is -2.48. The molecular formula is C21H22N4O3. The Morgan fingerprint density at radius 1 is 1.14 bits per heavy atom. The van der Waals surface area contributed by atoms with E-state index in [1.807, 2.05) is 42.5 Å². The number of piperidine rings is 1. The zero-order valence-electron chi connectivity index (χ0n) is 15.7. The van der Waals surface area contributed by atoms with Crippen LogP contribution in [0.2, 0.25) is 0 Å². The summed E-state index contributed by atoms with van der Waals surface area (Å²) in [6.07, 6.45) is 4.47. The van der Waals surface area contributed by atoms with Gasteiger partial charge in [-0.2, -0.15) is 0 Å². The van der Waals surface area contributed by atoms with Crippen molar-refractivity contribution >= 4 is 5.91 Å². The van der Waals surface area contributed by atoms with Crippen LogP contribution in [0.1, 0.15) is 28.8 Å². The van der Waals surface area contributed by atoms with Crippen molar-refractivity contribution in [3.05, 3.63) is 72.3 Å². The second-order valence-corrected chi connectivity index (χ2v) is 6.98. The summed E-state index contributed by atoms with van der Waals surface area (Å²) in [5.74, 6) is 0.525. The number of hydrogen-bond acceptors (Lipinski definition) is 5. The van der Waals surface area contributed by atoms with Crippen LogP contribution in [0.3, 0.4) is 0 Å². The number of rotatable bonds is 4. The fourth-order valence-electron chi connectivity index (χ4n) is 3.77. The van der Waals surface area contributed by atoms with Crippen LogP contribution >= 0.6 is 0 Å². The van der Waals surface area contributed by atoms with Gasteiger partial charge in [-0.25, -0.2) is 0 Å². The highest BCUT2D eigenvalue weighted by atomic mass is 16.5. The number of benzene rings is 2. The van der Waals surface area contributed by atoms with Crippen molar-refractivity contribution in [1.29, 1.82) is 0 Å². The summed E-state index contributed by atoms with van der Waals surface area (Å²) in [6.45, 7) is 0.830. The van der Waals surface area contributed by atoms with Crippen LogP contribution in [0.4, 0.5) is 0 Å². The number of ether oxygens (including phenoxy) is 1. The third kappa shape index (κ3) is 3.36. The standard InChI is InChI=1S/C21H22N4O3/c1-28-19-9-3-2-8-18(19)21(27)10-5-11-24(13-21)20(26)16-6-4-7-17(12-16)25-14-22-23-15-25/h2-4,6-9,12,14-15,27H,5,10-11,13H2,1H3. The van der Waals surface area contributed by atoms with E-state index in [4.69, 9.17) is 4.74 Å². The van der Waals surface area contributed by atoms with Gasteiger partial charge in [-0.3, -0.25) is 9.36 Å². The van der Waals surface area contributed by atoms with Crippen molar-refractivity contribution in [2.45, 2.75) is 18.4 Å². The van der Waals surface area contributed by atoms with Crippen LogP contribution in [-0.4, -0.2) is 50.9 Å². The van der Waals surface area contributed by atoms with Crippen molar-refractivity contribution in [2.75, 3.05) is 20.2 Å². The maximum Gasteiger partial charge on any atom is 0.254 e. The number of methoxy groups -OCH3 is 1. The van der Waals surface area contributed by atoms with Crippen molar-refractivity contribution in [3.63, 3.8) is 0 Å². The van der Waals surface area contributed by atoms with Crippen molar-refractivity contribution in [3.8, 4) is 11.4 Å². The summed E-state index contributed by atoms with van der Waals surface area (Å²) >= 11 is 0. The first-order valence-corrected chi connectivity index (χ1v) is 9.21. The normalized spacial score (nSPS) is 19.4. The molecule has 2 heterocycles. The van der Waals surface area contributed by atoms with Crippen LogP contribution in [-0.2, 0) is 5.60 Å². The Kier molecular flexibility index (Phi) is 4.83. The van der Waals surface area contributed by atoms with Gasteiger partial charge < -0.3 is 14.7 Å². The monoisotopic (exact) mass is 378 g/mol. The molecule has 1 aliphatic rings. The van der Waals surface area contributed by atoms with E-state index in [-0.39, 0.29) is 12.5 Å². The van der Waals surface area contributed by atoms with E-state index in [1.54, 1.807) is 35.3 Å². The van der Waals surface area contributed by atoms with Gasteiger partial charge in [-0.1, -0.05) is 24.3 Å². The first-order valence-electron chi connectivity index (χ1n) is 9.21. The lowest BCUT2D eigenvalue weighted by atomic mass is 9.85. The minimum Gasteiger partial charge on any atom is -0.496 e. The number of para-hydroxylation sites is 1. The van der Waals surface area contributed by atoms with Crippen molar-refractivity contribution in [2.24, 2.45) is 0 Å². The van der Waals surface area contributed by atoms with Gasteiger partial charge >= 0.3 is 0 Å². The molecule has 1 N–H and O–H groups in total. The average molecular weight is 378 g/mol. The molecule has 2 aromatic carbocycles. The molecule has 1 atom stereocenters. The highest BCUT2D eigenvalue weighted by Gasteiger charge is 2.38. The Morgan fingerprint density at radius 2 is 1.93 bits per heavy atom. The predicted molar refractivity (Wildman–Crippen MR) is 103 cm³/mol. The lowest BCUT2D eigenvalue weighted by molar-refractivity contribution is -0.0303. The topological polar surface area (TPSA) is 80.5 Å². The fourth-order valence-corrected chi connectivity index (χ4v) is 3.77. The van der Waals surface area contributed by atoms with E-state index in [0.29, 0.717) is 36.3 Å². The van der Waals surface area contributed by atoms with E-state index in [2.05, 4.69) is 10.2 Å². The molecule has 1 saturated heterocycles. The van der Waals surface area contributed by atoms with Crippen LogP contribution in [0, 0.1) is 0 Å². The molecule has 1 aliphatic heterocycles. The van der Waals surface area contributed by atoms with Crippen LogP contribution < -0.4 is 4.74 Å². The summed E-state index contributed by atoms with van der Waals surface area (Å²) in [5, 5.41) is 18.9. The number of hydrogen-bond donors (Lipinski definition) is 1. The minimum atomic E-state index is -1.13. The lowest BCUT2D eigenvalue weighted by Gasteiger charge is -2.40. The third-order valence-electron chi connectivity index (χ3n) is 5.18. The minimum absolute atomic E-state index is 0.108. The number of β-amino-alcohol motifs (C(OH)–C–C–N with tert-alkyl or cyclic N) is 1. The fraction of sp³-hybridized carbons (Fsp3) is 0.286. The number of likely N-dealkylation sites (tertiary alicyclic amines) is 1. The zero-order chi connectivity index (χ0) is 19.6. The Morgan fingerprint density at radius 3 is 2.71 bits per heavy atom. The van der Waals surface area contributed by atoms with E-state index >= 15 is 0 Å². The molecular weight excluding hydrogens is 356 g/mol. The van der Waals surface area contributed by atoms with Gasteiger partial charge in [0.15, 0.2) is 0 Å². The number of aromatic nitrogens is 3. The number of nitrogens with zero attached hydrogens (tertiary/aromatic N) is 4. The quantitative estimate of drug-likeness (QED) is 0.754. The zero-order valence-corrected chi connectivity index (χ0v) is 15.7. The molecule has 1 unspecified atom stereocenters. The largest absolute Gasteiger partial charge is 0.496 e. The van der Waals surface area contributed by atoms with Crippen molar-refractivity contribution < 1.29 is 14.6 Å². The molecule has 144 valence electrons. The van der Waals surface area contributed by atoms with Gasteiger partial charge in [0.05, 0.1) is 13.7 Å². The van der Waals surface area contributed by atoms with Crippen molar-refractivity contribution in [1.82, 2.24) is 19.7 Å². The second-order valence-electron chi connectivity index (χ2n) is 6.98. The summed E-state index contributed by atoms with van der Waals surface area (Å²) in [4.78, 5) is 14.8. The van der Waals surface area contributed by atoms with Gasteiger partial charge in [0.1, 0.15) is 24.0 Å². The molecule has 1 amide bonds. The maximum atomic E-state index is 13.1. The maximum absolute atomic E-state index is 13.1. The number of carbonyl (C=O) groups excluding carboxylic acids is 1. The van der Waals surface area contributed by atoms with E-state index in [0.717, 1.165) is 5.69 Å². The Bertz CT molecular complexity index is 973. The molecule has 28 heavy (non-hydrogen) atoms. The van der Waals surface area contributed by atoms with Gasteiger partial charge in [0.2, 0.25) is 0 Å². The Hall–Kier alpha value is -3.19. The molecule has 0 radical (unpaired) electrons. The summed E-state index contributed by atoms with van der Waals surface area (Å²) in [7, 11) is 1.59. The first kappa shape index (κ1) is 18.2. The summed E-state index contributed by atoms with van der Waals surface area (Å²) in [6, 6.07) is 14.7. The molecule has 4 rings (SSSR count). The Labute approximate surface area is 163 Å². The van der Waals surface area contributed by atoms with E-state index in [1.165, 1.54) is 0 Å². The van der Waals surface area contributed by atoms with E-state index < -0.39 is 5.60 Å². The van der Waals surface area contributed by atoms with Gasteiger partial charge in [0, 0.05) is 23.4 Å². The third-order valence-corrected chi connectivity index (χ3v) is 5.18. The highest BCUT2D eigenvalue weighted by Crippen LogP contribution is 2.37. The molecule has 7 nitrogen and oxygen atoms in total. The molecule has 7 heteroatoms. The molecule has 3 aromatic rings. The van der Waals surface area contributed by atoms with Crippen LogP contribution in [0.25, 0.3) is 5.69 Å². The molecule has 1 fully saturated rings. The Balaban J connectivity index is 1.60. The number of carbonyl (C=O) groups is 1. The average Bonchev–Trinajstić information content (AvgIpc) is 3.28. The van der Waals surface area contributed by atoms with Crippen LogP contribution in [0.15, 0.2) is 61.2 Å². The second kappa shape index (κ2) is 7.44. The summed E-state index contributed by atoms with van der Waals surface area (Å²) < 4.78 is 7.17. The first-order chi connectivity index (χ1) is 13.6.